The monoisotopic (exact) mass is 70.1 g/mol. The van der Waals surface area contributed by atoms with E-state index in [1.807, 2.05) is 13.8 Å². The van der Waals surface area contributed by atoms with Gasteiger partial charge in [0.05, 0.1) is 0 Å². The van der Waals surface area contributed by atoms with Crippen LogP contribution in [0.1, 0.15) is 13.8 Å². The molecule has 0 saturated carbocycles. The Balaban J connectivity index is 2.83. The summed E-state index contributed by atoms with van der Waals surface area (Å²) in [5, 5.41) is 0. The fourth-order valence-corrected chi connectivity index (χ4v) is 0. The molecule has 0 aliphatic carbocycles. The molecule has 1 nitrogen and oxygen atoms in total. The summed E-state index contributed by atoms with van der Waals surface area (Å²) < 4.78 is 9.50. The molecule has 5 heavy (non-hydrogen) atoms. The number of hydrogen-bond acceptors (Lipinski definition) is 1. The Kier molecular flexibility index (Phi) is 2.07. The second kappa shape index (κ2) is 2.12. The third-order valence-electron chi connectivity index (χ3n) is 0.272. The topological polar surface area (TPSA) is 17.1 Å². The summed E-state index contributed by atoms with van der Waals surface area (Å²) in [4.78, 5) is 0. The van der Waals surface area contributed by atoms with Gasteiger partial charge in [0, 0.05) is 0 Å². The van der Waals surface area contributed by atoms with Crippen molar-refractivity contribution in [1.82, 2.24) is 0 Å². The van der Waals surface area contributed by atoms with Crippen LogP contribution < -0.4 is 0 Å². The molecule has 0 aromatic carbocycles. The molecular weight excluding hydrogens is 62.8 g/mol. The molecule has 28 valence electrons. The standard InChI is InChI=1S/C3H7BO/c1-3(2)4-5/h3H,1-2H3. The molecule has 0 N–H and O–H groups in total. The van der Waals surface area contributed by atoms with Gasteiger partial charge in [-0.05, 0) is 0 Å². The number of hydrogen-bond donors (Lipinski definition) is 0. The first-order valence-corrected chi connectivity index (χ1v) is 1.72. The van der Waals surface area contributed by atoms with Gasteiger partial charge < -0.3 is 0 Å². The first-order valence-electron chi connectivity index (χ1n) is 1.72. The van der Waals surface area contributed by atoms with Crippen LogP contribution in [0.3, 0.4) is 0 Å². The first-order chi connectivity index (χ1) is 2.27. The molecule has 0 aliphatic heterocycles. The van der Waals surface area contributed by atoms with Gasteiger partial charge in [0.25, 0.3) is 0 Å². The van der Waals surface area contributed by atoms with Crippen molar-refractivity contribution in [2.75, 3.05) is 0 Å². The van der Waals surface area contributed by atoms with Gasteiger partial charge in [0.1, 0.15) is 0 Å². The maximum absolute atomic E-state index is 9.50. The summed E-state index contributed by atoms with van der Waals surface area (Å²) in [6, 6.07) is 0. The molecule has 0 heterocycles. The summed E-state index contributed by atoms with van der Waals surface area (Å²) >= 11 is 0. The van der Waals surface area contributed by atoms with Gasteiger partial charge in [-0.15, -0.1) is 0 Å². The Bertz CT molecular complexity index is 33.9. The molecule has 0 rings (SSSR count). The Morgan fingerprint density at radius 3 is 1.80 bits per heavy atom. The molecule has 0 bridgehead atoms. The van der Waals surface area contributed by atoms with Crippen molar-refractivity contribution in [2.45, 2.75) is 19.7 Å². The molecule has 2 heteroatoms. The van der Waals surface area contributed by atoms with Crippen LogP contribution in [0, 0.1) is 0 Å². The Morgan fingerprint density at radius 1 is 1.60 bits per heavy atom. The molecule has 0 unspecified atom stereocenters. The van der Waals surface area contributed by atoms with Crippen molar-refractivity contribution in [3.63, 3.8) is 0 Å². The van der Waals surface area contributed by atoms with Gasteiger partial charge in [-0.3, -0.25) is 0 Å². The van der Waals surface area contributed by atoms with Crippen molar-refractivity contribution < 1.29 is 4.70 Å². The van der Waals surface area contributed by atoms with Gasteiger partial charge >= 0.3 is 31.5 Å². The van der Waals surface area contributed by atoms with Crippen LogP contribution in [0.15, 0.2) is 0 Å². The molecule has 0 aromatic heterocycles. The zero-order valence-corrected chi connectivity index (χ0v) is 3.56. The van der Waals surface area contributed by atoms with Crippen LogP contribution in [0.5, 0.6) is 0 Å². The van der Waals surface area contributed by atoms with E-state index < -0.39 is 0 Å². The average Bonchev–Trinajstić information content (AvgIpc) is 1.38. The molecular formula is C3H7BO. The summed E-state index contributed by atoms with van der Waals surface area (Å²) in [5.41, 5.74) is 0. The normalized spacial score (nSPS) is 7.80. The van der Waals surface area contributed by atoms with E-state index in [1.165, 1.54) is 0 Å². The van der Waals surface area contributed by atoms with Crippen LogP contribution in [0.2, 0.25) is 5.82 Å². The second-order valence-electron chi connectivity index (χ2n) is 1.38. The van der Waals surface area contributed by atoms with E-state index in [0.29, 0.717) is 0 Å². The van der Waals surface area contributed by atoms with E-state index in [2.05, 4.69) is 0 Å². The zero-order valence-electron chi connectivity index (χ0n) is 3.56. The SMILES string of the molecule is CC(C)B=O. The third-order valence-corrected chi connectivity index (χ3v) is 0.272. The van der Waals surface area contributed by atoms with Crippen LogP contribution in [-0.4, -0.2) is 7.15 Å². The van der Waals surface area contributed by atoms with Gasteiger partial charge in [-0.1, -0.05) is 0 Å². The van der Waals surface area contributed by atoms with E-state index in [4.69, 9.17) is 0 Å². The van der Waals surface area contributed by atoms with Crippen LogP contribution in [0.4, 0.5) is 0 Å². The zero-order chi connectivity index (χ0) is 4.28. The van der Waals surface area contributed by atoms with Crippen LogP contribution >= 0.6 is 0 Å². The molecule has 0 aromatic rings. The molecule has 0 fully saturated rings. The molecule has 0 aliphatic rings. The van der Waals surface area contributed by atoms with E-state index in [0.717, 1.165) is 7.15 Å². The summed E-state index contributed by atoms with van der Waals surface area (Å²) in [5.74, 6) is 0.204. The Hall–Kier alpha value is -0.135. The fourth-order valence-electron chi connectivity index (χ4n) is 0. The molecule has 0 spiro atoms. The van der Waals surface area contributed by atoms with Gasteiger partial charge in [-0.25, -0.2) is 0 Å². The van der Waals surface area contributed by atoms with Crippen molar-refractivity contribution in [2.24, 2.45) is 0 Å². The van der Waals surface area contributed by atoms with Gasteiger partial charge in [0.2, 0.25) is 0 Å². The molecule has 0 saturated heterocycles. The summed E-state index contributed by atoms with van der Waals surface area (Å²) in [6.45, 7) is 3.71. The minimum atomic E-state index is 0.204. The van der Waals surface area contributed by atoms with E-state index >= 15 is 0 Å². The van der Waals surface area contributed by atoms with Crippen LogP contribution in [-0.2, 0) is 4.70 Å². The predicted molar refractivity (Wildman–Crippen MR) is 21.5 cm³/mol. The number of rotatable bonds is 1. The van der Waals surface area contributed by atoms with Crippen molar-refractivity contribution in [1.29, 1.82) is 0 Å². The summed E-state index contributed by atoms with van der Waals surface area (Å²) in [7, 11) is 0.917. The average molecular weight is 69.9 g/mol. The van der Waals surface area contributed by atoms with E-state index in [-0.39, 0.29) is 5.82 Å². The van der Waals surface area contributed by atoms with Gasteiger partial charge in [0.15, 0.2) is 0 Å². The Labute approximate surface area is 32.6 Å². The van der Waals surface area contributed by atoms with Crippen LogP contribution in [0.25, 0.3) is 0 Å². The molecule has 0 radical (unpaired) electrons. The minimum absolute atomic E-state index is 0.204. The Morgan fingerprint density at radius 2 is 1.80 bits per heavy atom. The first kappa shape index (κ1) is 4.86. The van der Waals surface area contributed by atoms with Crippen molar-refractivity contribution in [3.05, 3.63) is 0 Å². The van der Waals surface area contributed by atoms with Crippen molar-refractivity contribution >= 4 is 7.15 Å². The van der Waals surface area contributed by atoms with E-state index in [1.54, 1.807) is 0 Å². The maximum atomic E-state index is 9.50. The fraction of sp³-hybridized carbons (Fsp3) is 1.00. The third kappa shape index (κ3) is 3.86. The summed E-state index contributed by atoms with van der Waals surface area (Å²) in [6.07, 6.45) is 0. The van der Waals surface area contributed by atoms with Crippen molar-refractivity contribution in [3.8, 4) is 0 Å². The quantitative estimate of drug-likeness (QED) is 0.418. The molecule has 0 amide bonds. The predicted octanol–water partition coefficient (Wildman–Crippen LogP) is 0.864. The van der Waals surface area contributed by atoms with Gasteiger partial charge in [-0.2, -0.15) is 0 Å². The van der Waals surface area contributed by atoms with E-state index in [9.17, 15) is 4.70 Å². The molecule has 0 atom stereocenters. The second-order valence-corrected chi connectivity index (χ2v) is 1.38.